The van der Waals surface area contributed by atoms with Crippen molar-refractivity contribution in [3.05, 3.63) is 18.5 Å². The van der Waals surface area contributed by atoms with E-state index in [1.54, 1.807) is 12.4 Å². The van der Waals surface area contributed by atoms with Gasteiger partial charge in [0, 0.05) is 25.3 Å². The number of thiocarbonyl (C=S) groups is 1. The van der Waals surface area contributed by atoms with Gasteiger partial charge < -0.3 is 15.3 Å². The Hall–Kier alpha value is -1.98. The minimum Gasteiger partial charge on any atom is -0.465 e. The molecule has 1 amide bonds. The van der Waals surface area contributed by atoms with Crippen LogP contribution in [0.4, 0.5) is 16.2 Å². The first-order valence-corrected chi connectivity index (χ1v) is 6.38. The van der Waals surface area contributed by atoms with Crippen molar-refractivity contribution in [2.75, 3.05) is 18.0 Å². The summed E-state index contributed by atoms with van der Waals surface area (Å²) in [4.78, 5) is 20.8. The summed E-state index contributed by atoms with van der Waals surface area (Å²) < 4.78 is 0. The molecule has 1 aliphatic heterocycles. The van der Waals surface area contributed by atoms with E-state index in [0.717, 1.165) is 25.1 Å². The lowest BCUT2D eigenvalue weighted by molar-refractivity contribution is 0.188. The van der Waals surface area contributed by atoms with Crippen molar-refractivity contribution >= 4 is 34.8 Å². The number of hydrogen-bond donors (Lipinski definition) is 2. The molecule has 1 aromatic rings. The average molecular weight is 278 g/mol. The van der Waals surface area contributed by atoms with Gasteiger partial charge in [-0.25, -0.2) is 4.79 Å². The second-order valence-corrected chi connectivity index (χ2v) is 4.48. The van der Waals surface area contributed by atoms with Crippen molar-refractivity contribution < 1.29 is 9.90 Å². The number of carbonyl (C=O) groups is 1. The number of piperidine rings is 1. The Morgan fingerprint density at radius 1 is 1.68 bits per heavy atom. The maximum absolute atomic E-state index is 10.7. The van der Waals surface area contributed by atoms with Crippen LogP contribution >= 0.6 is 12.2 Å². The van der Waals surface area contributed by atoms with Gasteiger partial charge in [-0.1, -0.05) is 0 Å². The van der Waals surface area contributed by atoms with Crippen molar-refractivity contribution in [3.63, 3.8) is 0 Å². The molecule has 1 atom stereocenters. The Kier molecular flexibility index (Phi) is 4.43. The summed E-state index contributed by atoms with van der Waals surface area (Å²) in [6.07, 6.45) is 4.10. The summed E-state index contributed by atoms with van der Waals surface area (Å²) in [5, 5.41) is 13.6. The zero-order valence-electron chi connectivity index (χ0n) is 10.2. The molecule has 1 fully saturated rings. The van der Waals surface area contributed by atoms with Gasteiger partial charge >= 0.3 is 6.09 Å². The fourth-order valence-corrected chi connectivity index (χ4v) is 2.37. The Bertz CT molecular complexity index is 516. The largest absolute Gasteiger partial charge is 0.465 e. The second kappa shape index (κ2) is 6.26. The number of aliphatic imine (C=N–C) groups is 1. The Balaban J connectivity index is 2.17. The highest BCUT2D eigenvalue weighted by molar-refractivity contribution is 7.78. The van der Waals surface area contributed by atoms with Crippen LogP contribution in [0.15, 0.2) is 23.5 Å². The van der Waals surface area contributed by atoms with Crippen molar-refractivity contribution in [3.8, 4) is 0 Å². The molecule has 7 heteroatoms. The summed E-state index contributed by atoms with van der Waals surface area (Å²) in [5.74, 6) is 0. The fraction of sp³-hybridized carbons (Fsp3) is 0.417. The number of aromatic nitrogens is 1. The number of amides is 1. The first kappa shape index (κ1) is 13.5. The number of carboxylic acid groups (broad SMARTS) is 1. The molecular formula is C12H14N4O2S. The van der Waals surface area contributed by atoms with Crippen LogP contribution in [0.5, 0.6) is 0 Å². The molecular weight excluding hydrogens is 264 g/mol. The van der Waals surface area contributed by atoms with Gasteiger partial charge in [-0.3, -0.25) is 4.98 Å². The quantitative estimate of drug-likeness (QED) is 0.653. The van der Waals surface area contributed by atoms with E-state index < -0.39 is 6.09 Å². The van der Waals surface area contributed by atoms with Gasteiger partial charge in [0.1, 0.15) is 5.69 Å². The van der Waals surface area contributed by atoms with Gasteiger partial charge in [-0.15, -0.1) is 0 Å². The van der Waals surface area contributed by atoms with E-state index in [1.165, 1.54) is 0 Å². The van der Waals surface area contributed by atoms with E-state index in [1.807, 2.05) is 6.07 Å². The van der Waals surface area contributed by atoms with Gasteiger partial charge in [0.2, 0.25) is 0 Å². The lowest BCUT2D eigenvalue weighted by Crippen LogP contribution is -2.47. The third-order valence-corrected chi connectivity index (χ3v) is 3.12. The molecule has 1 saturated heterocycles. The van der Waals surface area contributed by atoms with E-state index in [2.05, 4.69) is 37.6 Å². The van der Waals surface area contributed by atoms with E-state index in [0.29, 0.717) is 12.2 Å². The molecule has 2 rings (SSSR count). The summed E-state index contributed by atoms with van der Waals surface area (Å²) >= 11 is 4.62. The number of isothiocyanates is 1. The zero-order valence-corrected chi connectivity index (χ0v) is 11.1. The van der Waals surface area contributed by atoms with Gasteiger partial charge in [-0.05, 0) is 31.1 Å². The molecule has 1 aromatic heterocycles. The first-order chi connectivity index (χ1) is 9.20. The molecule has 0 saturated carbocycles. The third kappa shape index (κ3) is 3.49. The molecule has 0 aliphatic carbocycles. The average Bonchev–Trinajstić information content (AvgIpc) is 2.39. The standard InChI is InChI=1S/C12H14N4O2S/c17-12(18)15-9-2-1-5-16(7-9)11-3-4-13-6-10(11)14-8-19/h3-4,6,9,15H,1-2,5,7H2,(H,17,18). The Morgan fingerprint density at radius 2 is 2.53 bits per heavy atom. The SMILES string of the molecule is O=C(O)NC1CCCN(c2ccncc2N=C=S)C1. The van der Waals surface area contributed by atoms with E-state index in [-0.39, 0.29) is 6.04 Å². The van der Waals surface area contributed by atoms with Crippen molar-refractivity contribution in [1.82, 2.24) is 10.3 Å². The molecule has 2 heterocycles. The number of nitrogens with one attached hydrogen (secondary N) is 1. The molecule has 0 spiro atoms. The van der Waals surface area contributed by atoms with E-state index in [9.17, 15) is 4.79 Å². The highest BCUT2D eigenvalue weighted by Crippen LogP contribution is 2.29. The molecule has 0 aromatic carbocycles. The monoisotopic (exact) mass is 278 g/mol. The van der Waals surface area contributed by atoms with Crippen LogP contribution in [0.25, 0.3) is 0 Å². The molecule has 0 bridgehead atoms. The van der Waals surface area contributed by atoms with Crippen LogP contribution in [0.1, 0.15) is 12.8 Å². The molecule has 100 valence electrons. The Morgan fingerprint density at radius 3 is 3.26 bits per heavy atom. The van der Waals surface area contributed by atoms with E-state index in [4.69, 9.17) is 5.11 Å². The highest BCUT2D eigenvalue weighted by Gasteiger charge is 2.22. The van der Waals surface area contributed by atoms with Crippen LogP contribution < -0.4 is 10.2 Å². The lowest BCUT2D eigenvalue weighted by Gasteiger charge is -2.34. The molecule has 1 unspecified atom stereocenters. The maximum atomic E-state index is 10.7. The predicted molar refractivity (Wildman–Crippen MR) is 75.3 cm³/mol. The van der Waals surface area contributed by atoms with Crippen LogP contribution in [-0.4, -0.2) is 40.5 Å². The molecule has 19 heavy (non-hydrogen) atoms. The van der Waals surface area contributed by atoms with Crippen LogP contribution in [0, 0.1) is 0 Å². The summed E-state index contributed by atoms with van der Waals surface area (Å²) in [6, 6.07) is 1.79. The fourth-order valence-electron chi connectivity index (χ4n) is 2.27. The van der Waals surface area contributed by atoms with Crippen molar-refractivity contribution in [2.45, 2.75) is 18.9 Å². The number of anilines is 1. The summed E-state index contributed by atoms with van der Waals surface area (Å²) in [7, 11) is 0. The first-order valence-electron chi connectivity index (χ1n) is 5.97. The Labute approximate surface area is 116 Å². The number of nitrogens with zero attached hydrogens (tertiary/aromatic N) is 3. The molecule has 6 nitrogen and oxygen atoms in total. The van der Waals surface area contributed by atoms with Crippen molar-refractivity contribution in [1.29, 1.82) is 0 Å². The number of hydrogen-bond acceptors (Lipinski definition) is 5. The zero-order chi connectivity index (χ0) is 13.7. The van der Waals surface area contributed by atoms with Gasteiger partial charge in [-0.2, -0.15) is 4.99 Å². The van der Waals surface area contributed by atoms with Gasteiger partial charge in [0.15, 0.2) is 0 Å². The topological polar surface area (TPSA) is 77.8 Å². The van der Waals surface area contributed by atoms with Crippen LogP contribution in [-0.2, 0) is 0 Å². The van der Waals surface area contributed by atoms with Crippen molar-refractivity contribution in [2.24, 2.45) is 4.99 Å². The normalized spacial score (nSPS) is 18.5. The van der Waals surface area contributed by atoms with Crippen LogP contribution in [0.2, 0.25) is 0 Å². The molecule has 1 aliphatic rings. The molecule has 0 radical (unpaired) electrons. The third-order valence-electron chi connectivity index (χ3n) is 3.03. The van der Waals surface area contributed by atoms with Gasteiger partial charge in [0.25, 0.3) is 0 Å². The summed E-state index contributed by atoms with van der Waals surface area (Å²) in [5.41, 5.74) is 1.57. The minimum absolute atomic E-state index is 0.0660. The number of pyridine rings is 1. The van der Waals surface area contributed by atoms with Crippen LogP contribution in [0.3, 0.4) is 0 Å². The van der Waals surface area contributed by atoms with Gasteiger partial charge in [0.05, 0.1) is 17.0 Å². The smallest absolute Gasteiger partial charge is 0.404 e. The molecule has 2 N–H and O–H groups in total. The maximum Gasteiger partial charge on any atom is 0.404 e. The highest BCUT2D eigenvalue weighted by atomic mass is 32.1. The minimum atomic E-state index is -0.987. The predicted octanol–water partition coefficient (Wildman–Crippen LogP) is 2.05. The second-order valence-electron chi connectivity index (χ2n) is 4.30. The number of rotatable bonds is 3. The van der Waals surface area contributed by atoms with E-state index >= 15 is 0 Å². The summed E-state index contributed by atoms with van der Waals surface area (Å²) in [6.45, 7) is 1.48. The lowest BCUT2D eigenvalue weighted by atomic mass is 10.1.